The summed E-state index contributed by atoms with van der Waals surface area (Å²) in [6, 6.07) is 14.8. The summed E-state index contributed by atoms with van der Waals surface area (Å²) in [6.45, 7) is 10.5. The smallest absolute Gasteiger partial charge is 0.346 e. The third-order valence-electron chi connectivity index (χ3n) is 6.49. The lowest BCUT2D eigenvalue weighted by molar-refractivity contribution is -0.844. The van der Waals surface area contributed by atoms with Crippen molar-refractivity contribution in [2.24, 2.45) is 11.0 Å². The molecule has 8 heteroatoms. The van der Waals surface area contributed by atoms with Crippen LogP contribution in [-0.4, -0.2) is 50.4 Å². The van der Waals surface area contributed by atoms with Gasteiger partial charge in [-0.05, 0) is 70.7 Å². The van der Waals surface area contributed by atoms with Gasteiger partial charge in [0.1, 0.15) is 12.3 Å². The molecule has 1 fully saturated rings. The lowest BCUT2D eigenvalue weighted by Gasteiger charge is -2.26. The van der Waals surface area contributed by atoms with Gasteiger partial charge in [-0.15, -0.1) is 0 Å². The van der Waals surface area contributed by atoms with Crippen molar-refractivity contribution in [3.8, 4) is 11.1 Å². The van der Waals surface area contributed by atoms with E-state index in [0.29, 0.717) is 28.3 Å². The molecule has 0 saturated heterocycles. The molecule has 198 valence electrons. The van der Waals surface area contributed by atoms with Crippen LogP contribution in [0.25, 0.3) is 16.8 Å². The normalized spacial score (nSPS) is 20.2. The number of rotatable bonds is 9. The maximum atomic E-state index is 13.2. The Labute approximate surface area is 220 Å². The highest BCUT2D eigenvalue weighted by Crippen LogP contribution is 2.44. The highest BCUT2D eigenvalue weighted by molar-refractivity contribution is 7.89. The molecule has 0 amide bonds. The van der Waals surface area contributed by atoms with Crippen molar-refractivity contribution in [1.29, 1.82) is 0 Å². The second-order valence-corrected chi connectivity index (χ2v) is 12.6. The van der Waals surface area contributed by atoms with Crippen LogP contribution in [0.2, 0.25) is 0 Å². The van der Waals surface area contributed by atoms with E-state index in [1.165, 1.54) is 0 Å². The first kappa shape index (κ1) is 27.2. The second kappa shape index (κ2) is 10.2. The largest absolute Gasteiger partial charge is 0.462 e. The van der Waals surface area contributed by atoms with Crippen molar-refractivity contribution in [1.82, 2.24) is 4.72 Å². The summed E-state index contributed by atoms with van der Waals surface area (Å²) in [4.78, 5) is 13.4. The predicted octanol–water partition coefficient (Wildman–Crippen LogP) is 5.34. The number of ether oxygens (including phenoxy) is 1. The number of benzene rings is 2. The number of esters is 1. The molecule has 37 heavy (non-hydrogen) atoms. The molecular formula is C29H38N3O4S+. The Morgan fingerprint density at radius 2 is 1.68 bits per heavy atom. The van der Waals surface area contributed by atoms with E-state index in [9.17, 15) is 13.2 Å². The Balaban J connectivity index is 1.80. The van der Waals surface area contributed by atoms with E-state index in [2.05, 4.69) is 11.6 Å². The quantitative estimate of drug-likeness (QED) is 0.354. The zero-order chi connectivity index (χ0) is 27.0. The third-order valence-corrected chi connectivity index (χ3v) is 8.31. The predicted molar refractivity (Wildman–Crippen MR) is 147 cm³/mol. The topological polar surface area (TPSA) is 84.8 Å². The average molecular weight is 525 g/mol. The minimum Gasteiger partial charge on any atom is -0.462 e. The Hall–Kier alpha value is -2.81. The van der Waals surface area contributed by atoms with Gasteiger partial charge in [-0.1, -0.05) is 42.4 Å². The molecule has 2 aromatic carbocycles. The summed E-state index contributed by atoms with van der Waals surface area (Å²) >= 11 is 0. The van der Waals surface area contributed by atoms with Crippen LogP contribution in [0.1, 0.15) is 59.4 Å². The van der Waals surface area contributed by atoms with Crippen molar-refractivity contribution in [3.05, 3.63) is 59.7 Å². The van der Waals surface area contributed by atoms with Gasteiger partial charge in [0.15, 0.2) is 11.3 Å². The summed E-state index contributed by atoms with van der Waals surface area (Å²) in [5.74, 6) is -0.0206. The van der Waals surface area contributed by atoms with Gasteiger partial charge < -0.3 is 4.74 Å². The summed E-state index contributed by atoms with van der Waals surface area (Å²) in [7, 11) is -1.68. The van der Waals surface area contributed by atoms with Crippen LogP contribution >= 0.6 is 0 Å². The molecule has 0 radical (unpaired) electrons. The molecule has 0 bridgehead atoms. The Morgan fingerprint density at radius 3 is 2.24 bits per heavy atom. The lowest BCUT2D eigenvalue weighted by atomic mass is 9.97. The van der Waals surface area contributed by atoms with E-state index < -0.39 is 15.6 Å². The first-order valence-corrected chi connectivity index (χ1v) is 14.5. The summed E-state index contributed by atoms with van der Waals surface area (Å²) in [5.41, 5.74) is 3.98. The van der Waals surface area contributed by atoms with E-state index in [1.807, 2.05) is 71.1 Å². The lowest BCUT2D eigenvalue weighted by Crippen LogP contribution is -2.40. The van der Waals surface area contributed by atoms with Gasteiger partial charge in [-0.25, -0.2) is 17.9 Å². The van der Waals surface area contributed by atoms with Crippen LogP contribution in [0, 0.1) is 5.92 Å². The number of quaternary nitrogens is 1. The molecule has 1 N–H and O–H groups in total. The van der Waals surface area contributed by atoms with Gasteiger partial charge in [0.05, 0.1) is 18.6 Å². The Bertz CT molecular complexity index is 1350. The zero-order valence-corrected chi connectivity index (χ0v) is 23.5. The van der Waals surface area contributed by atoms with Crippen molar-refractivity contribution in [2.75, 3.05) is 20.2 Å². The fourth-order valence-corrected chi connectivity index (χ4v) is 6.62. The number of nitrogens with one attached hydrogen (secondary N) is 1. The minimum absolute atomic E-state index is 0.232. The zero-order valence-electron chi connectivity index (χ0n) is 22.7. The number of hydrogen-bond acceptors (Lipinski definition) is 5. The maximum absolute atomic E-state index is 13.2. The molecule has 4 rings (SSSR count). The number of sulfonamides is 1. The summed E-state index contributed by atoms with van der Waals surface area (Å²) in [5, 5.41) is 5.07. The number of carbonyl (C=O) groups is 1. The first-order chi connectivity index (χ1) is 17.4. The molecule has 0 spiro atoms. The molecule has 2 aromatic rings. The number of nitrogens with zero attached hydrogens (tertiary/aromatic N) is 2. The highest BCUT2D eigenvalue weighted by atomic mass is 32.2. The number of hydrogen-bond donors (Lipinski definition) is 1. The van der Waals surface area contributed by atoms with E-state index in [1.54, 1.807) is 12.1 Å². The van der Waals surface area contributed by atoms with Crippen molar-refractivity contribution >= 4 is 27.4 Å². The number of carbonyl (C=O) groups excluding carboxylic acids is 1. The highest BCUT2D eigenvalue weighted by Gasteiger charge is 2.48. The Kier molecular flexibility index (Phi) is 7.48. The van der Waals surface area contributed by atoms with Gasteiger partial charge in [0, 0.05) is 22.6 Å². The maximum Gasteiger partial charge on any atom is 0.346 e. The first-order valence-electron chi connectivity index (χ1n) is 13.0. The third kappa shape index (κ3) is 5.71. The minimum atomic E-state index is -3.73. The van der Waals surface area contributed by atoms with Crippen LogP contribution < -0.4 is 4.72 Å². The molecule has 1 heterocycles. The van der Waals surface area contributed by atoms with Gasteiger partial charge in [0.25, 0.3) is 0 Å². The molecule has 0 aromatic heterocycles. The molecular weight excluding hydrogens is 486 g/mol. The Morgan fingerprint density at radius 1 is 1.05 bits per heavy atom. The van der Waals surface area contributed by atoms with Crippen LogP contribution in [0.5, 0.6) is 0 Å². The van der Waals surface area contributed by atoms with Crippen molar-refractivity contribution in [2.45, 2.75) is 64.3 Å². The van der Waals surface area contributed by atoms with E-state index in [0.717, 1.165) is 48.3 Å². The van der Waals surface area contributed by atoms with E-state index in [4.69, 9.17) is 9.84 Å². The van der Waals surface area contributed by atoms with Crippen LogP contribution in [0.15, 0.2) is 64.1 Å². The molecule has 1 atom stereocenters. The fourth-order valence-electron chi connectivity index (χ4n) is 4.97. The summed E-state index contributed by atoms with van der Waals surface area (Å²) in [6.07, 6.45) is 2.98. The van der Waals surface area contributed by atoms with Gasteiger partial charge >= 0.3 is 5.97 Å². The summed E-state index contributed by atoms with van der Waals surface area (Å²) < 4.78 is 34.9. The fraction of sp³-hybridized carbons (Fsp3) is 0.448. The van der Waals surface area contributed by atoms with Crippen LogP contribution in [0.3, 0.4) is 0 Å². The second-order valence-electron chi connectivity index (χ2n) is 11.0. The molecule has 7 nitrogen and oxygen atoms in total. The van der Waals surface area contributed by atoms with Gasteiger partial charge in [-0.3, -0.25) is 0 Å². The SMILES string of the molecule is CCC[N+]1(C)N=C(C2CC2)C(C(=O)OCC)=C1c1ccc(-c2ccccc2S(=O)(=O)NC(C)(C)C)cc1. The molecule has 1 aliphatic carbocycles. The monoisotopic (exact) mass is 524 g/mol. The molecule has 2 aliphatic rings. The van der Waals surface area contributed by atoms with Crippen molar-refractivity contribution < 1.29 is 22.5 Å². The average Bonchev–Trinajstić information content (AvgIpc) is 3.61. The molecule has 1 aliphatic heterocycles. The van der Waals surface area contributed by atoms with Gasteiger partial charge in [-0.2, -0.15) is 4.59 Å². The van der Waals surface area contributed by atoms with Crippen LogP contribution in [-0.2, 0) is 19.6 Å². The van der Waals surface area contributed by atoms with E-state index >= 15 is 0 Å². The molecule has 1 saturated carbocycles. The van der Waals surface area contributed by atoms with Crippen LogP contribution in [0.4, 0.5) is 0 Å². The van der Waals surface area contributed by atoms with Crippen molar-refractivity contribution in [3.63, 3.8) is 0 Å². The van der Waals surface area contributed by atoms with Gasteiger partial charge in [0.2, 0.25) is 10.0 Å². The van der Waals surface area contributed by atoms with E-state index in [-0.39, 0.29) is 10.9 Å². The molecule has 1 unspecified atom stereocenters. The standard InChI is InChI=1S/C29H38N3O4S/c1-7-19-32(6)27(25(28(33)36-8-2)26(30-32)21-15-16-21)22-17-13-20(14-18-22)23-11-9-10-12-24(23)37(34,35)31-29(3,4)5/h9-14,17-18,21,31H,7-8,15-16,19H2,1-6H3/q+1.